The smallest absolute Gasteiger partial charge is 0.335 e. The number of carbonyl (C=O) groups is 1. The number of benzene rings is 1. The number of aromatic carboxylic acids is 1. The van der Waals surface area contributed by atoms with E-state index in [1.165, 1.54) is 0 Å². The van der Waals surface area contributed by atoms with E-state index in [1.807, 2.05) is 26.8 Å². The molecule has 0 saturated carbocycles. The maximum Gasteiger partial charge on any atom is 0.335 e. The van der Waals surface area contributed by atoms with E-state index >= 15 is 0 Å². The van der Waals surface area contributed by atoms with Crippen LogP contribution in [0.2, 0.25) is 0 Å². The summed E-state index contributed by atoms with van der Waals surface area (Å²) in [7, 11) is 0. The third-order valence-electron chi connectivity index (χ3n) is 3.42. The Kier molecular flexibility index (Phi) is 3.99. The average molecular weight is 323 g/mol. The van der Waals surface area contributed by atoms with E-state index in [4.69, 9.17) is 5.11 Å². The van der Waals surface area contributed by atoms with Gasteiger partial charge in [-0.25, -0.2) is 14.5 Å². The van der Waals surface area contributed by atoms with E-state index in [2.05, 4.69) is 20.4 Å². The largest absolute Gasteiger partial charge is 0.478 e. The first-order chi connectivity index (χ1) is 11.4. The predicted octanol–water partition coefficient (Wildman–Crippen LogP) is 3.03. The van der Waals surface area contributed by atoms with Crippen LogP contribution in [0.1, 0.15) is 27.4 Å². The second kappa shape index (κ2) is 6.11. The van der Waals surface area contributed by atoms with E-state index in [-0.39, 0.29) is 5.56 Å². The number of hydrogen-bond acceptors (Lipinski definition) is 5. The molecule has 2 heterocycles. The number of nitrogens with one attached hydrogen (secondary N) is 1. The molecule has 0 radical (unpaired) electrons. The molecule has 0 unspecified atom stereocenters. The van der Waals surface area contributed by atoms with Crippen LogP contribution < -0.4 is 5.32 Å². The third-order valence-corrected chi connectivity index (χ3v) is 3.42. The summed E-state index contributed by atoms with van der Waals surface area (Å²) < 4.78 is 1.68. The van der Waals surface area contributed by atoms with Crippen LogP contribution in [-0.2, 0) is 0 Å². The van der Waals surface area contributed by atoms with Gasteiger partial charge in [0.1, 0.15) is 5.82 Å². The van der Waals surface area contributed by atoms with Crippen molar-refractivity contribution in [2.24, 2.45) is 0 Å². The van der Waals surface area contributed by atoms with Gasteiger partial charge in [-0.3, -0.25) is 0 Å². The third kappa shape index (κ3) is 3.24. The first-order valence-electron chi connectivity index (χ1n) is 7.42. The molecule has 24 heavy (non-hydrogen) atoms. The number of carboxylic acids is 1. The SMILES string of the molecule is Cc1cc(Nc2cccc(C(=O)O)c2)nc(-n2nc(C)cc2C)n1. The van der Waals surface area contributed by atoms with Crippen molar-refractivity contribution >= 4 is 17.5 Å². The summed E-state index contributed by atoms with van der Waals surface area (Å²) in [6, 6.07) is 10.3. The Balaban J connectivity index is 1.96. The molecule has 3 rings (SSSR count). The van der Waals surface area contributed by atoms with Crippen molar-refractivity contribution in [1.82, 2.24) is 19.7 Å². The highest BCUT2D eigenvalue weighted by atomic mass is 16.4. The Hall–Kier alpha value is -3.22. The molecule has 0 spiro atoms. The van der Waals surface area contributed by atoms with Crippen molar-refractivity contribution in [3.8, 4) is 5.95 Å². The molecule has 0 aliphatic carbocycles. The first-order valence-corrected chi connectivity index (χ1v) is 7.42. The number of aromatic nitrogens is 4. The van der Waals surface area contributed by atoms with Gasteiger partial charge in [-0.2, -0.15) is 10.1 Å². The molecule has 0 saturated heterocycles. The summed E-state index contributed by atoms with van der Waals surface area (Å²) in [6.45, 7) is 5.72. The van der Waals surface area contributed by atoms with E-state index in [0.717, 1.165) is 17.1 Å². The number of carboxylic acid groups (broad SMARTS) is 1. The van der Waals surface area contributed by atoms with Crippen LogP contribution in [0.4, 0.5) is 11.5 Å². The molecular weight excluding hydrogens is 306 g/mol. The van der Waals surface area contributed by atoms with Gasteiger partial charge in [0.05, 0.1) is 11.3 Å². The van der Waals surface area contributed by atoms with Gasteiger partial charge < -0.3 is 10.4 Å². The van der Waals surface area contributed by atoms with Crippen LogP contribution in [0, 0.1) is 20.8 Å². The average Bonchev–Trinajstić information content (AvgIpc) is 2.85. The fourth-order valence-corrected chi connectivity index (χ4v) is 2.42. The van der Waals surface area contributed by atoms with Crippen molar-refractivity contribution in [1.29, 1.82) is 0 Å². The second-order valence-electron chi connectivity index (χ2n) is 5.54. The van der Waals surface area contributed by atoms with Crippen LogP contribution >= 0.6 is 0 Å². The topological polar surface area (TPSA) is 92.9 Å². The Morgan fingerprint density at radius 1 is 1.08 bits per heavy atom. The highest BCUT2D eigenvalue weighted by Crippen LogP contribution is 2.18. The number of hydrogen-bond donors (Lipinski definition) is 2. The molecule has 1 aromatic carbocycles. The number of aryl methyl sites for hydroxylation is 3. The van der Waals surface area contributed by atoms with Crippen LogP contribution in [0.3, 0.4) is 0 Å². The van der Waals surface area contributed by atoms with Crippen molar-refractivity contribution in [3.63, 3.8) is 0 Å². The minimum atomic E-state index is -0.971. The molecule has 0 aliphatic rings. The van der Waals surface area contributed by atoms with Gasteiger partial charge in [-0.1, -0.05) is 6.07 Å². The normalized spacial score (nSPS) is 10.6. The quantitative estimate of drug-likeness (QED) is 0.766. The van der Waals surface area contributed by atoms with Gasteiger partial charge in [0.25, 0.3) is 5.95 Å². The highest BCUT2D eigenvalue weighted by Gasteiger charge is 2.10. The lowest BCUT2D eigenvalue weighted by atomic mass is 10.2. The van der Waals surface area contributed by atoms with Gasteiger partial charge in [0, 0.05) is 23.1 Å². The summed E-state index contributed by atoms with van der Waals surface area (Å²) in [5.74, 6) is 0.0749. The monoisotopic (exact) mass is 323 g/mol. The summed E-state index contributed by atoms with van der Waals surface area (Å²) in [5.41, 5.74) is 3.47. The zero-order valence-electron chi connectivity index (χ0n) is 13.6. The van der Waals surface area contributed by atoms with E-state index < -0.39 is 5.97 Å². The molecular formula is C17H17N5O2. The Morgan fingerprint density at radius 3 is 2.54 bits per heavy atom. The molecule has 3 aromatic rings. The Bertz CT molecular complexity index is 917. The minimum absolute atomic E-state index is 0.213. The van der Waals surface area contributed by atoms with Crippen LogP contribution in [0.15, 0.2) is 36.4 Å². The summed E-state index contributed by atoms with van der Waals surface area (Å²) in [5, 5.41) is 16.6. The molecule has 0 bridgehead atoms. The van der Waals surface area contributed by atoms with Crippen molar-refractivity contribution in [2.75, 3.05) is 5.32 Å². The molecule has 7 heteroatoms. The molecule has 122 valence electrons. The standard InChI is InChI=1S/C17H17N5O2/c1-10-8-15(19-14-6-4-5-13(9-14)16(23)24)20-17(18-10)22-12(3)7-11(2)21-22/h4-9H,1-3H3,(H,23,24)(H,18,19,20). The van der Waals surface area contributed by atoms with E-state index in [0.29, 0.717) is 17.5 Å². The molecule has 0 fully saturated rings. The van der Waals surface area contributed by atoms with E-state index in [9.17, 15) is 4.79 Å². The summed E-state index contributed by atoms with van der Waals surface area (Å²) in [4.78, 5) is 20.0. The fraction of sp³-hybridized carbons (Fsp3) is 0.176. The Morgan fingerprint density at radius 2 is 1.88 bits per heavy atom. The summed E-state index contributed by atoms with van der Waals surface area (Å²) >= 11 is 0. The fourth-order valence-electron chi connectivity index (χ4n) is 2.42. The molecule has 0 atom stereocenters. The lowest BCUT2D eigenvalue weighted by Crippen LogP contribution is -2.08. The minimum Gasteiger partial charge on any atom is -0.478 e. The van der Waals surface area contributed by atoms with Gasteiger partial charge in [-0.15, -0.1) is 0 Å². The van der Waals surface area contributed by atoms with Crippen molar-refractivity contribution < 1.29 is 9.90 Å². The highest BCUT2D eigenvalue weighted by molar-refractivity contribution is 5.89. The molecule has 2 aromatic heterocycles. The molecule has 2 N–H and O–H groups in total. The lowest BCUT2D eigenvalue weighted by molar-refractivity contribution is 0.0697. The first kappa shape index (κ1) is 15.7. The van der Waals surface area contributed by atoms with Crippen molar-refractivity contribution in [3.05, 3.63) is 59.0 Å². The van der Waals surface area contributed by atoms with Crippen LogP contribution in [0.5, 0.6) is 0 Å². The van der Waals surface area contributed by atoms with E-state index in [1.54, 1.807) is 35.0 Å². The molecule has 7 nitrogen and oxygen atoms in total. The second-order valence-corrected chi connectivity index (χ2v) is 5.54. The molecule has 0 amide bonds. The van der Waals surface area contributed by atoms with Crippen molar-refractivity contribution in [2.45, 2.75) is 20.8 Å². The van der Waals surface area contributed by atoms with Crippen LogP contribution in [-0.4, -0.2) is 30.8 Å². The number of rotatable bonds is 4. The van der Waals surface area contributed by atoms with Gasteiger partial charge in [0.15, 0.2) is 0 Å². The summed E-state index contributed by atoms with van der Waals surface area (Å²) in [6.07, 6.45) is 0. The Labute approximate surface area is 139 Å². The maximum atomic E-state index is 11.1. The van der Waals surface area contributed by atoms with Gasteiger partial charge in [0.2, 0.25) is 0 Å². The van der Waals surface area contributed by atoms with Gasteiger partial charge >= 0.3 is 5.97 Å². The van der Waals surface area contributed by atoms with Gasteiger partial charge in [-0.05, 0) is 45.0 Å². The maximum absolute atomic E-state index is 11.1. The van der Waals surface area contributed by atoms with Crippen LogP contribution in [0.25, 0.3) is 5.95 Å². The predicted molar refractivity (Wildman–Crippen MR) is 90.0 cm³/mol. The zero-order valence-corrected chi connectivity index (χ0v) is 13.6. The number of anilines is 2. The molecule has 0 aliphatic heterocycles. The number of nitrogens with zero attached hydrogens (tertiary/aromatic N) is 4. The zero-order chi connectivity index (χ0) is 17.3. The lowest BCUT2D eigenvalue weighted by Gasteiger charge is -2.10.